The average molecular weight is 527 g/mol. The van der Waals surface area contributed by atoms with E-state index in [1.54, 1.807) is 29.2 Å². The molecule has 1 fully saturated rings. The summed E-state index contributed by atoms with van der Waals surface area (Å²) in [6, 6.07) is 13.6. The number of alkyl halides is 1. The molecular weight excluding hydrogens is 497 g/mol. The van der Waals surface area contributed by atoms with Crippen molar-refractivity contribution in [2.75, 3.05) is 0 Å². The number of morpholine rings is 1. The van der Waals surface area contributed by atoms with Gasteiger partial charge in [0.2, 0.25) is 0 Å². The molecule has 1 amide bonds. The van der Waals surface area contributed by atoms with Crippen LogP contribution >= 0.6 is 34.8 Å². The molecule has 1 unspecified atom stereocenters. The Kier molecular flexibility index (Phi) is 9.66. The summed E-state index contributed by atoms with van der Waals surface area (Å²) in [6.45, 7) is 4.05. The molecule has 1 N–H and O–H groups in total. The van der Waals surface area contributed by atoms with Gasteiger partial charge in [-0.2, -0.15) is 0 Å². The molecule has 1 saturated heterocycles. The molecule has 1 aliphatic rings. The number of unbranched alkanes of at least 4 members (excludes halogenated alkanes) is 2. The van der Waals surface area contributed by atoms with Crippen LogP contribution in [0, 0.1) is 0 Å². The second-order valence-electron chi connectivity index (χ2n) is 8.69. The lowest BCUT2D eigenvalue weighted by Gasteiger charge is -2.48. The number of benzene rings is 2. The summed E-state index contributed by atoms with van der Waals surface area (Å²) in [5.74, 6) is -1.49. The topological polar surface area (TPSA) is 66.8 Å². The predicted molar refractivity (Wildman–Crippen MR) is 136 cm³/mol. The number of halogens is 3. The number of carboxylic acids is 1. The van der Waals surface area contributed by atoms with Crippen LogP contribution in [0.25, 0.3) is 0 Å². The molecule has 8 heteroatoms. The van der Waals surface area contributed by atoms with Gasteiger partial charge in [0.25, 0.3) is 5.91 Å². The number of amides is 1. The first-order valence-electron chi connectivity index (χ1n) is 11.6. The number of ether oxygens (including phenoxy) is 1. The Labute approximate surface area is 215 Å². The first kappa shape index (κ1) is 26.8. The quantitative estimate of drug-likeness (QED) is 0.266. The number of hydrogen-bond acceptors (Lipinski definition) is 3. The van der Waals surface area contributed by atoms with Gasteiger partial charge in [0.05, 0.1) is 17.8 Å². The highest BCUT2D eigenvalue weighted by Gasteiger charge is 2.47. The largest absolute Gasteiger partial charge is 0.481 e. The third-order valence-electron chi connectivity index (χ3n) is 6.22. The van der Waals surface area contributed by atoms with Crippen molar-refractivity contribution in [3.05, 3.63) is 69.7 Å². The van der Waals surface area contributed by atoms with Gasteiger partial charge < -0.3 is 14.7 Å². The first-order chi connectivity index (χ1) is 16.2. The summed E-state index contributed by atoms with van der Waals surface area (Å²) in [7, 11) is 0. The minimum Gasteiger partial charge on any atom is -0.481 e. The van der Waals surface area contributed by atoms with E-state index in [2.05, 4.69) is 6.92 Å². The first-order valence-corrected chi connectivity index (χ1v) is 12.8. The van der Waals surface area contributed by atoms with Gasteiger partial charge in [0.1, 0.15) is 12.2 Å². The fraction of sp³-hybridized carbons (Fsp3) is 0.462. The van der Waals surface area contributed by atoms with Crippen LogP contribution in [0.1, 0.15) is 69.2 Å². The maximum atomic E-state index is 13.7. The van der Waals surface area contributed by atoms with Crippen LogP contribution in [-0.2, 0) is 14.3 Å². The second kappa shape index (κ2) is 12.3. The molecule has 0 radical (unpaired) electrons. The Bertz CT molecular complexity index is 984. The summed E-state index contributed by atoms with van der Waals surface area (Å²) < 4.78 is 6.20. The van der Waals surface area contributed by atoms with E-state index in [9.17, 15) is 14.7 Å². The summed E-state index contributed by atoms with van der Waals surface area (Å²) in [5.41, 5.74) is 1.57. The zero-order chi connectivity index (χ0) is 24.8. The Balaban J connectivity index is 2.09. The molecule has 0 aliphatic carbocycles. The van der Waals surface area contributed by atoms with Gasteiger partial charge >= 0.3 is 5.97 Å². The normalized spacial score (nSPS) is 22.4. The van der Waals surface area contributed by atoms with Crippen LogP contribution in [-0.4, -0.2) is 39.4 Å². The molecule has 2 aromatic rings. The molecule has 1 aliphatic heterocycles. The lowest BCUT2D eigenvalue weighted by atomic mass is 9.89. The smallest absolute Gasteiger partial charge is 0.306 e. The summed E-state index contributed by atoms with van der Waals surface area (Å²) in [4.78, 5) is 26.9. The van der Waals surface area contributed by atoms with E-state index in [4.69, 9.17) is 39.5 Å². The lowest BCUT2D eigenvalue weighted by Crippen LogP contribution is -2.56. The lowest BCUT2D eigenvalue weighted by molar-refractivity contribution is -0.182. The van der Waals surface area contributed by atoms with Crippen molar-refractivity contribution in [3.63, 3.8) is 0 Å². The van der Waals surface area contributed by atoms with Gasteiger partial charge in [-0.05, 0) is 48.7 Å². The third kappa shape index (κ3) is 6.45. The highest BCUT2D eigenvalue weighted by atomic mass is 35.5. The van der Waals surface area contributed by atoms with E-state index in [-0.39, 0.29) is 17.3 Å². The SMILES string of the molecule is CCCCCC(Cl)[C@H](C)N1C(=O)[C@H](CC(=O)O)O[C@H](c2cccc(Cl)c2)[C@H]1c1ccc(Cl)cc1. The molecule has 34 heavy (non-hydrogen) atoms. The zero-order valence-electron chi connectivity index (χ0n) is 19.3. The summed E-state index contributed by atoms with van der Waals surface area (Å²) >= 11 is 19.2. The maximum absolute atomic E-state index is 13.7. The fourth-order valence-corrected chi connectivity index (χ4v) is 5.05. The highest BCUT2D eigenvalue weighted by Crippen LogP contribution is 2.45. The second-order valence-corrected chi connectivity index (χ2v) is 10.1. The molecule has 0 spiro atoms. The van der Waals surface area contributed by atoms with Crippen LogP contribution in [0.5, 0.6) is 0 Å². The van der Waals surface area contributed by atoms with Gasteiger partial charge in [-0.25, -0.2) is 0 Å². The van der Waals surface area contributed by atoms with Gasteiger partial charge in [0, 0.05) is 16.1 Å². The Morgan fingerprint density at radius 1 is 1.09 bits per heavy atom. The van der Waals surface area contributed by atoms with E-state index in [0.29, 0.717) is 10.0 Å². The van der Waals surface area contributed by atoms with E-state index in [1.807, 2.05) is 31.2 Å². The fourth-order valence-electron chi connectivity index (χ4n) is 4.45. The standard InChI is InChI=1S/C26H30Cl3NO4/c1-3-4-5-9-21(29)16(2)30-24(17-10-12-19(27)13-11-17)25(18-7-6-8-20(28)14-18)34-22(26(30)33)15-23(31)32/h6-8,10-14,16,21-22,24-25H,3-5,9,15H2,1-2H3,(H,31,32)/t16-,21?,22-,24+,25+/m0/s1. The minimum atomic E-state index is -1.13. The molecule has 0 bridgehead atoms. The average Bonchev–Trinajstić information content (AvgIpc) is 2.80. The van der Waals surface area contributed by atoms with Gasteiger partial charge in [-0.3, -0.25) is 9.59 Å². The van der Waals surface area contributed by atoms with Crippen molar-refractivity contribution >= 4 is 46.7 Å². The molecule has 0 saturated carbocycles. The minimum absolute atomic E-state index is 0.297. The van der Waals surface area contributed by atoms with Crippen LogP contribution in [0.4, 0.5) is 0 Å². The molecule has 0 aromatic heterocycles. The number of carboxylic acid groups (broad SMARTS) is 1. The molecule has 5 nitrogen and oxygen atoms in total. The highest BCUT2D eigenvalue weighted by molar-refractivity contribution is 6.30. The van der Waals surface area contributed by atoms with Crippen LogP contribution in [0.2, 0.25) is 10.0 Å². The van der Waals surface area contributed by atoms with Crippen molar-refractivity contribution < 1.29 is 19.4 Å². The van der Waals surface area contributed by atoms with Crippen molar-refractivity contribution in [1.29, 1.82) is 0 Å². The van der Waals surface area contributed by atoms with E-state index in [0.717, 1.165) is 36.8 Å². The molecule has 184 valence electrons. The summed E-state index contributed by atoms with van der Waals surface area (Å²) in [6.07, 6.45) is 1.63. The number of hydrogen-bond donors (Lipinski definition) is 1. The number of rotatable bonds is 10. The van der Waals surface area contributed by atoms with E-state index >= 15 is 0 Å². The van der Waals surface area contributed by atoms with E-state index in [1.165, 1.54) is 0 Å². The van der Waals surface area contributed by atoms with Gasteiger partial charge in [0.15, 0.2) is 0 Å². The van der Waals surface area contributed by atoms with Crippen molar-refractivity contribution in [1.82, 2.24) is 4.90 Å². The maximum Gasteiger partial charge on any atom is 0.306 e. The van der Waals surface area contributed by atoms with Gasteiger partial charge in [-0.1, -0.05) is 73.7 Å². The number of carbonyl (C=O) groups is 2. The molecule has 1 heterocycles. The Morgan fingerprint density at radius 3 is 2.41 bits per heavy atom. The van der Waals surface area contributed by atoms with E-state index < -0.39 is 30.6 Å². The monoisotopic (exact) mass is 525 g/mol. The Hall–Kier alpha value is -1.79. The van der Waals surface area contributed by atoms with Crippen LogP contribution in [0.3, 0.4) is 0 Å². The summed E-state index contributed by atoms with van der Waals surface area (Å²) in [5, 5.41) is 10.3. The zero-order valence-corrected chi connectivity index (χ0v) is 21.6. The number of nitrogens with zero attached hydrogens (tertiary/aromatic N) is 1. The van der Waals surface area contributed by atoms with Crippen LogP contribution in [0.15, 0.2) is 48.5 Å². The van der Waals surface area contributed by atoms with Gasteiger partial charge in [-0.15, -0.1) is 11.6 Å². The third-order valence-corrected chi connectivity index (χ3v) is 7.29. The predicted octanol–water partition coefficient (Wildman–Crippen LogP) is 7.05. The van der Waals surface area contributed by atoms with Crippen molar-refractivity contribution in [2.24, 2.45) is 0 Å². The van der Waals surface area contributed by atoms with Crippen molar-refractivity contribution in [2.45, 2.75) is 75.6 Å². The Morgan fingerprint density at radius 2 is 1.79 bits per heavy atom. The van der Waals surface area contributed by atoms with Crippen molar-refractivity contribution in [3.8, 4) is 0 Å². The number of aliphatic carboxylic acids is 1. The molecule has 2 aromatic carbocycles. The van der Waals surface area contributed by atoms with Crippen LogP contribution < -0.4 is 0 Å². The number of carbonyl (C=O) groups excluding carboxylic acids is 1. The molecule has 3 rings (SSSR count). The molecule has 5 atom stereocenters. The molecular formula is C26H30Cl3NO4.